The van der Waals surface area contributed by atoms with E-state index in [9.17, 15) is 14.0 Å². The average molecular weight is 457 g/mol. The first-order chi connectivity index (χ1) is 15.5. The van der Waals surface area contributed by atoms with Gasteiger partial charge in [0.2, 0.25) is 0 Å². The zero-order chi connectivity index (χ0) is 22.5. The Balaban J connectivity index is 1.42. The van der Waals surface area contributed by atoms with Crippen molar-refractivity contribution in [1.29, 1.82) is 0 Å². The normalized spacial score (nSPS) is 12.9. The maximum absolute atomic E-state index is 13.2. The lowest BCUT2D eigenvalue weighted by molar-refractivity contribution is -0.134. The molecule has 0 saturated heterocycles. The Morgan fingerprint density at radius 2 is 1.91 bits per heavy atom. The topological polar surface area (TPSA) is 71.8 Å². The van der Waals surface area contributed by atoms with Crippen LogP contribution in [0.15, 0.2) is 65.3 Å². The molecule has 1 fully saturated rings. The molecular formula is C24H22ClFN2O4. The van der Waals surface area contributed by atoms with Crippen LogP contribution >= 0.6 is 11.6 Å². The molecule has 0 spiro atoms. The van der Waals surface area contributed by atoms with Crippen molar-refractivity contribution in [3.05, 3.63) is 88.6 Å². The molecule has 166 valence electrons. The van der Waals surface area contributed by atoms with Crippen LogP contribution in [-0.2, 0) is 17.9 Å². The van der Waals surface area contributed by atoms with Crippen molar-refractivity contribution in [3.8, 4) is 5.75 Å². The molecule has 0 bridgehead atoms. The maximum Gasteiger partial charge on any atom is 0.261 e. The molecule has 1 saturated carbocycles. The maximum atomic E-state index is 13.2. The van der Waals surface area contributed by atoms with E-state index in [1.54, 1.807) is 35.4 Å². The molecule has 32 heavy (non-hydrogen) atoms. The standard InChI is InChI=1S/C24H22ClFN2O4/c25-21-12-18(26)7-10-22(21)32-15-23(29)28(14-20-2-1-11-31-20)13-16-3-5-17(6-4-16)24(30)27-19-8-9-19/h1-7,10-12,19H,8-9,13-15H2,(H,27,30). The molecule has 6 nitrogen and oxygen atoms in total. The number of carbonyl (C=O) groups is 2. The summed E-state index contributed by atoms with van der Waals surface area (Å²) in [4.78, 5) is 26.7. The fourth-order valence-corrected chi connectivity index (χ4v) is 3.35. The van der Waals surface area contributed by atoms with Gasteiger partial charge in [0.25, 0.3) is 11.8 Å². The predicted octanol–water partition coefficient (Wildman–Crippen LogP) is 4.57. The number of benzene rings is 2. The van der Waals surface area contributed by atoms with E-state index in [1.807, 2.05) is 12.1 Å². The van der Waals surface area contributed by atoms with Gasteiger partial charge in [0.1, 0.15) is 17.3 Å². The Labute approximate surface area is 189 Å². The fourth-order valence-electron chi connectivity index (χ4n) is 3.12. The van der Waals surface area contributed by atoms with E-state index in [2.05, 4.69) is 5.32 Å². The molecule has 4 rings (SSSR count). The second-order valence-electron chi connectivity index (χ2n) is 7.64. The summed E-state index contributed by atoms with van der Waals surface area (Å²) in [6, 6.07) is 14.7. The Kier molecular flexibility index (Phi) is 6.75. The summed E-state index contributed by atoms with van der Waals surface area (Å²) in [6.45, 7) is 0.273. The molecule has 0 unspecified atom stereocenters. The first-order valence-corrected chi connectivity index (χ1v) is 10.6. The van der Waals surface area contributed by atoms with Crippen LogP contribution in [-0.4, -0.2) is 29.4 Å². The van der Waals surface area contributed by atoms with Crippen LogP contribution < -0.4 is 10.1 Å². The Hall–Kier alpha value is -3.32. The van der Waals surface area contributed by atoms with E-state index in [0.29, 0.717) is 17.9 Å². The number of carbonyl (C=O) groups excluding carboxylic acids is 2. The molecule has 3 aromatic rings. The van der Waals surface area contributed by atoms with Crippen LogP contribution in [0.3, 0.4) is 0 Å². The Morgan fingerprint density at radius 3 is 2.56 bits per heavy atom. The van der Waals surface area contributed by atoms with Crippen molar-refractivity contribution in [1.82, 2.24) is 10.2 Å². The summed E-state index contributed by atoms with van der Waals surface area (Å²) in [5, 5.41) is 3.04. The summed E-state index contributed by atoms with van der Waals surface area (Å²) < 4.78 is 24.1. The van der Waals surface area contributed by atoms with Gasteiger partial charge >= 0.3 is 0 Å². The third kappa shape index (κ3) is 5.88. The van der Waals surface area contributed by atoms with E-state index in [1.165, 1.54) is 12.1 Å². The van der Waals surface area contributed by atoms with Crippen molar-refractivity contribution < 1.29 is 23.1 Å². The molecule has 1 heterocycles. The van der Waals surface area contributed by atoms with Gasteiger partial charge in [-0.3, -0.25) is 9.59 Å². The molecule has 0 radical (unpaired) electrons. The van der Waals surface area contributed by atoms with Gasteiger partial charge in [-0.1, -0.05) is 23.7 Å². The first-order valence-electron chi connectivity index (χ1n) is 10.3. The molecule has 8 heteroatoms. The van der Waals surface area contributed by atoms with Gasteiger partial charge in [0.05, 0.1) is 17.8 Å². The molecule has 1 aliphatic rings. The fraction of sp³-hybridized carbons (Fsp3) is 0.250. The van der Waals surface area contributed by atoms with Gasteiger partial charge in [-0.25, -0.2) is 4.39 Å². The highest BCUT2D eigenvalue weighted by atomic mass is 35.5. The predicted molar refractivity (Wildman–Crippen MR) is 117 cm³/mol. The molecular weight excluding hydrogens is 435 g/mol. The van der Waals surface area contributed by atoms with Crippen LogP contribution in [0.2, 0.25) is 5.02 Å². The number of halogens is 2. The van der Waals surface area contributed by atoms with Crippen molar-refractivity contribution >= 4 is 23.4 Å². The van der Waals surface area contributed by atoms with Crippen molar-refractivity contribution in [2.75, 3.05) is 6.61 Å². The van der Waals surface area contributed by atoms with Gasteiger partial charge in [0.15, 0.2) is 6.61 Å². The number of rotatable bonds is 9. The molecule has 1 aliphatic carbocycles. The number of nitrogens with zero attached hydrogens (tertiary/aromatic N) is 1. The average Bonchev–Trinajstić information content (AvgIpc) is 3.44. The summed E-state index contributed by atoms with van der Waals surface area (Å²) in [5.41, 5.74) is 1.44. The molecule has 1 aromatic heterocycles. The second kappa shape index (κ2) is 9.87. The minimum atomic E-state index is -0.484. The van der Waals surface area contributed by atoms with E-state index < -0.39 is 5.82 Å². The van der Waals surface area contributed by atoms with Crippen LogP contribution in [0, 0.1) is 5.82 Å². The highest BCUT2D eigenvalue weighted by Crippen LogP contribution is 2.25. The molecule has 0 aliphatic heterocycles. The zero-order valence-corrected chi connectivity index (χ0v) is 18.0. The number of nitrogens with one attached hydrogen (secondary N) is 1. The number of hydrogen-bond acceptors (Lipinski definition) is 4. The lowest BCUT2D eigenvalue weighted by atomic mass is 10.1. The number of hydrogen-bond donors (Lipinski definition) is 1. The summed E-state index contributed by atoms with van der Waals surface area (Å²) >= 11 is 5.98. The monoisotopic (exact) mass is 456 g/mol. The second-order valence-corrected chi connectivity index (χ2v) is 8.04. The van der Waals surface area contributed by atoms with E-state index in [4.69, 9.17) is 20.8 Å². The van der Waals surface area contributed by atoms with Gasteiger partial charge in [-0.15, -0.1) is 0 Å². The van der Waals surface area contributed by atoms with Gasteiger partial charge in [0, 0.05) is 18.2 Å². The lowest BCUT2D eigenvalue weighted by Crippen LogP contribution is -2.34. The molecule has 0 atom stereocenters. The SMILES string of the molecule is O=C(NC1CC1)c1ccc(CN(Cc2ccco2)C(=O)COc2ccc(F)cc2Cl)cc1. The third-order valence-electron chi connectivity index (χ3n) is 5.03. The van der Waals surface area contributed by atoms with E-state index >= 15 is 0 Å². The summed E-state index contributed by atoms with van der Waals surface area (Å²) in [6.07, 6.45) is 3.60. The Bertz CT molecular complexity index is 1080. The summed E-state index contributed by atoms with van der Waals surface area (Å²) in [5.74, 6) is -0.0177. The van der Waals surface area contributed by atoms with Gasteiger partial charge in [-0.05, 0) is 60.9 Å². The highest BCUT2D eigenvalue weighted by molar-refractivity contribution is 6.32. The van der Waals surface area contributed by atoms with Crippen LogP contribution in [0.1, 0.15) is 34.5 Å². The van der Waals surface area contributed by atoms with Crippen molar-refractivity contribution in [3.63, 3.8) is 0 Å². The summed E-state index contributed by atoms with van der Waals surface area (Å²) in [7, 11) is 0. The quantitative estimate of drug-likeness (QED) is 0.512. The van der Waals surface area contributed by atoms with Gasteiger partial charge < -0.3 is 19.4 Å². The first kappa shape index (κ1) is 21.9. The minimum absolute atomic E-state index is 0.0906. The largest absolute Gasteiger partial charge is 0.482 e. The third-order valence-corrected chi connectivity index (χ3v) is 5.32. The minimum Gasteiger partial charge on any atom is -0.482 e. The number of ether oxygens (including phenoxy) is 1. The van der Waals surface area contributed by atoms with E-state index in [0.717, 1.165) is 24.5 Å². The van der Waals surface area contributed by atoms with Crippen LogP contribution in [0.25, 0.3) is 0 Å². The van der Waals surface area contributed by atoms with Crippen molar-refractivity contribution in [2.45, 2.75) is 32.0 Å². The smallest absolute Gasteiger partial charge is 0.261 e. The lowest BCUT2D eigenvalue weighted by Gasteiger charge is -2.22. The van der Waals surface area contributed by atoms with Gasteiger partial charge in [-0.2, -0.15) is 0 Å². The molecule has 1 N–H and O–H groups in total. The van der Waals surface area contributed by atoms with Crippen LogP contribution in [0.4, 0.5) is 4.39 Å². The van der Waals surface area contributed by atoms with Crippen LogP contribution in [0.5, 0.6) is 5.75 Å². The van der Waals surface area contributed by atoms with Crippen molar-refractivity contribution in [2.24, 2.45) is 0 Å². The number of amides is 2. The zero-order valence-electron chi connectivity index (χ0n) is 17.2. The molecule has 2 amide bonds. The highest BCUT2D eigenvalue weighted by Gasteiger charge is 2.24. The molecule has 2 aromatic carbocycles. The van der Waals surface area contributed by atoms with E-state index in [-0.39, 0.29) is 41.8 Å². The Morgan fingerprint density at radius 1 is 1.12 bits per heavy atom. The number of furan rings is 1.